The van der Waals surface area contributed by atoms with E-state index in [2.05, 4.69) is 30.8 Å². The summed E-state index contributed by atoms with van der Waals surface area (Å²) in [7, 11) is -0.669. The quantitative estimate of drug-likeness (QED) is 0.177. The van der Waals surface area contributed by atoms with Gasteiger partial charge in [0.1, 0.15) is 11.4 Å². The van der Waals surface area contributed by atoms with Crippen LogP contribution in [0.2, 0.25) is 0 Å². The highest BCUT2D eigenvalue weighted by molar-refractivity contribution is 8.24. The summed E-state index contributed by atoms with van der Waals surface area (Å²) in [6.45, 7) is 1.32. The molecule has 0 spiro atoms. The van der Waals surface area contributed by atoms with Crippen molar-refractivity contribution in [3.8, 4) is 5.75 Å². The van der Waals surface area contributed by atoms with Crippen molar-refractivity contribution in [3.63, 3.8) is 0 Å². The van der Waals surface area contributed by atoms with Crippen molar-refractivity contribution in [2.24, 2.45) is 13.0 Å². The van der Waals surface area contributed by atoms with E-state index in [1.54, 1.807) is 48.8 Å². The van der Waals surface area contributed by atoms with Crippen LogP contribution in [0.15, 0.2) is 66.9 Å². The maximum Gasteiger partial charge on any atom is 0.323 e. The first-order valence-corrected chi connectivity index (χ1v) is 17.3. The average Bonchev–Trinajstić information content (AvgIpc) is 3.68. The summed E-state index contributed by atoms with van der Waals surface area (Å²) in [5.41, 5.74) is 3.81. The molecule has 0 radical (unpaired) electrons. The Morgan fingerprint density at radius 1 is 1.06 bits per heavy atom. The highest BCUT2D eigenvalue weighted by atomic mass is 32.3. The lowest BCUT2D eigenvalue weighted by Gasteiger charge is -2.34. The molecule has 2 fully saturated rings. The predicted octanol–water partition coefficient (Wildman–Crippen LogP) is 5.08. The van der Waals surface area contributed by atoms with Crippen LogP contribution < -0.4 is 25.6 Å². The molecule has 244 valence electrons. The number of nitrogens with one attached hydrogen (secondary N) is 3. The van der Waals surface area contributed by atoms with Gasteiger partial charge in [-0.15, -0.1) is 0 Å². The molecule has 1 aromatic carbocycles. The second-order valence-corrected chi connectivity index (χ2v) is 14.5. The van der Waals surface area contributed by atoms with E-state index in [4.69, 9.17) is 4.74 Å². The fourth-order valence-electron chi connectivity index (χ4n) is 6.47. The summed E-state index contributed by atoms with van der Waals surface area (Å²) >= 11 is 0. The number of benzene rings is 1. The molecule has 3 aliphatic rings. The van der Waals surface area contributed by atoms with Crippen LogP contribution in [0.3, 0.4) is 0 Å². The van der Waals surface area contributed by atoms with Crippen LogP contribution in [0.4, 0.5) is 21.9 Å². The summed E-state index contributed by atoms with van der Waals surface area (Å²) in [5.74, 6) is 0.677. The molecule has 7 rings (SSSR count). The third-order valence-corrected chi connectivity index (χ3v) is 10.6. The molecule has 6 heterocycles. The van der Waals surface area contributed by atoms with Gasteiger partial charge in [0.2, 0.25) is 11.7 Å². The van der Waals surface area contributed by atoms with Crippen molar-refractivity contribution in [3.05, 3.63) is 78.1 Å². The third kappa shape index (κ3) is 6.39. The van der Waals surface area contributed by atoms with Crippen molar-refractivity contribution in [1.29, 1.82) is 0 Å². The Morgan fingerprint density at radius 3 is 2.62 bits per heavy atom. The van der Waals surface area contributed by atoms with Crippen molar-refractivity contribution in [2.45, 2.75) is 25.3 Å². The number of ketones is 1. The Bertz CT molecular complexity index is 1900. The number of amides is 3. The molecular weight excluding hydrogens is 622 g/mol. The van der Waals surface area contributed by atoms with E-state index >= 15 is 0 Å². The van der Waals surface area contributed by atoms with Gasteiger partial charge in [-0.25, -0.2) is 9.78 Å². The highest BCUT2D eigenvalue weighted by Gasteiger charge is 2.33. The Labute approximate surface area is 272 Å². The number of nitrogens with zero attached hydrogens (tertiary/aromatic N) is 4. The molecule has 3 aromatic heterocycles. The number of rotatable bonds is 6. The average molecular weight is 658 g/mol. The minimum Gasteiger partial charge on any atom is -0.452 e. The molecule has 1 atom stereocenters. The summed E-state index contributed by atoms with van der Waals surface area (Å²) in [6.07, 6.45) is 10.5. The Morgan fingerprint density at radius 2 is 1.87 bits per heavy atom. The van der Waals surface area contributed by atoms with Gasteiger partial charge >= 0.3 is 6.03 Å². The van der Waals surface area contributed by atoms with Gasteiger partial charge in [0, 0.05) is 78.8 Å². The highest BCUT2D eigenvalue weighted by Crippen LogP contribution is 2.45. The van der Waals surface area contributed by atoms with Gasteiger partial charge in [-0.1, -0.05) is 0 Å². The molecule has 3 amide bonds. The van der Waals surface area contributed by atoms with Crippen LogP contribution in [0.1, 0.15) is 35.2 Å². The Hall–Kier alpha value is -4.92. The number of carbonyl (C=O) groups is 3. The number of anilines is 3. The number of urea groups is 1. The molecule has 0 bridgehead atoms. The summed E-state index contributed by atoms with van der Waals surface area (Å²) in [4.78, 5) is 49.8. The van der Waals surface area contributed by atoms with Gasteiger partial charge in [0.05, 0.1) is 23.2 Å². The smallest absolute Gasteiger partial charge is 0.323 e. The standard InChI is InChI=1S/C33H35N7O6S/c1-39-18-21(15-28-30(41)25-16-22(4-5-27(25)46-28)37-33(43)38-23-3-2-10-34-17-23)29-26(6-11-35-31(29)39)40-12-7-20(8-13-40)32(42)36-24-9-14-47(44,45)19-24/h2-6,10-11,15-18,20,24,44-45H,7-9,12-14,19H2,1H3,(H,36,42)(H2,37,38,43). The van der Waals surface area contributed by atoms with Gasteiger partial charge < -0.3 is 30.2 Å². The first-order chi connectivity index (χ1) is 22.6. The molecule has 47 heavy (non-hydrogen) atoms. The van der Waals surface area contributed by atoms with Gasteiger partial charge in [-0.05, 0) is 61.7 Å². The summed E-state index contributed by atoms with van der Waals surface area (Å²) in [6, 6.07) is 9.66. The molecule has 0 aliphatic carbocycles. The van der Waals surface area contributed by atoms with Gasteiger partial charge in [0.25, 0.3) is 0 Å². The third-order valence-electron chi connectivity index (χ3n) is 8.81. The van der Waals surface area contributed by atoms with E-state index in [0.29, 0.717) is 60.8 Å². The minimum atomic E-state index is -2.57. The van der Waals surface area contributed by atoms with E-state index in [1.165, 1.54) is 6.20 Å². The number of aromatic nitrogens is 3. The van der Waals surface area contributed by atoms with Crippen molar-refractivity contribution >= 4 is 62.5 Å². The van der Waals surface area contributed by atoms with Crippen molar-refractivity contribution in [2.75, 3.05) is 40.1 Å². The molecule has 3 aliphatic heterocycles. The van der Waals surface area contributed by atoms with E-state index in [9.17, 15) is 23.5 Å². The van der Waals surface area contributed by atoms with Crippen LogP contribution in [0.5, 0.6) is 5.75 Å². The van der Waals surface area contributed by atoms with Crippen LogP contribution in [0, 0.1) is 5.92 Å². The molecular formula is C33H35N7O6S. The van der Waals surface area contributed by atoms with Crippen LogP contribution in [0.25, 0.3) is 17.1 Å². The van der Waals surface area contributed by atoms with Gasteiger partial charge in [-0.3, -0.25) is 23.7 Å². The number of pyridine rings is 2. The van der Waals surface area contributed by atoms with Crippen LogP contribution in [-0.2, 0) is 11.8 Å². The second kappa shape index (κ2) is 12.4. The fourth-order valence-corrected chi connectivity index (χ4v) is 8.19. The monoisotopic (exact) mass is 657 g/mol. The van der Waals surface area contributed by atoms with E-state index in [1.807, 2.05) is 23.9 Å². The zero-order valence-corrected chi connectivity index (χ0v) is 26.5. The second-order valence-electron chi connectivity index (χ2n) is 12.1. The first kappa shape index (κ1) is 30.7. The van der Waals surface area contributed by atoms with Gasteiger partial charge in [0.15, 0.2) is 5.76 Å². The van der Waals surface area contributed by atoms with E-state index in [0.717, 1.165) is 22.3 Å². The first-order valence-electron chi connectivity index (χ1n) is 15.4. The number of piperidine rings is 1. The number of hydrogen-bond acceptors (Lipinski definition) is 9. The number of carbonyl (C=O) groups excluding carboxylic acids is 3. The topological polar surface area (TPSA) is 171 Å². The maximum absolute atomic E-state index is 13.5. The largest absolute Gasteiger partial charge is 0.452 e. The number of allylic oxidation sites excluding steroid dienone is 1. The SMILES string of the molecule is Cn1cc(C=C2Oc3ccc(NC(=O)Nc4cccnc4)cc3C2=O)c2c(N3CCC(C(=O)NC4CCS(O)(O)C4)CC3)ccnc21. The lowest BCUT2D eigenvalue weighted by molar-refractivity contribution is -0.126. The van der Waals surface area contributed by atoms with E-state index < -0.39 is 16.6 Å². The van der Waals surface area contributed by atoms with Gasteiger partial charge in [-0.2, -0.15) is 10.6 Å². The molecule has 14 heteroatoms. The molecule has 13 nitrogen and oxygen atoms in total. The molecule has 4 aromatic rings. The number of fused-ring (bicyclic) bond motifs is 2. The number of aryl methyl sites for hydroxylation is 1. The number of Topliss-reactive ketones (excluding diaryl/α,β-unsaturated/α-hetero) is 1. The Balaban J connectivity index is 1.06. The van der Waals surface area contributed by atoms with Crippen molar-refractivity contribution in [1.82, 2.24) is 19.9 Å². The lowest BCUT2D eigenvalue weighted by Crippen LogP contribution is -2.44. The molecule has 1 unspecified atom stereocenters. The maximum atomic E-state index is 13.5. The Kier molecular flexibility index (Phi) is 8.08. The van der Waals surface area contributed by atoms with Crippen LogP contribution >= 0.6 is 10.6 Å². The van der Waals surface area contributed by atoms with Crippen molar-refractivity contribution < 1.29 is 28.2 Å². The van der Waals surface area contributed by atoms with Crippen LogP contribution in [-0.4, -0.2) is 72.0 Å². The summed E-state index contributed by atoms with van der Waals surface area (Å²) in [5, 5.41) is 9.34. The number of hydrogen-bond donors (Lipinski definition) is 5. The number of ether oxygens (including phenoxy) is 1. The molecule has 0 saturated carbocycles. The predicted molar refractivity (Wildman–Crippen MR) is 181 cm³/mol. The zero-order chi connectivity index (χ0) is 32.7. The lowest BCUT2D eigenvalue weighted by atomic mass is 9.94. The molecule has 5 N–H and O–H groups in total. The fraction of sp³-hybridized carbons (Fsp3) is 0.303. The van der Waals surface area contributed by atoms with E-state index in [-0.39, 0.29) is 35.2 Å². The normalized spacial score (nSPS) is 20.6. The summed E-state index contributed by atoms with van der Waals surface area (Å²) < 4.78 is 27.7. The molecule has 2 saturated heterocycles. The zero-order valence-electron chi connectivity index (χ0n) is 25.7. The minimum absolute atomic E-state index is 0.0271.